The van der Waals surface area contributed by atoms with Gasteiger partial charge >= 0.3 is 6.03 Å². The zero-order valence-electron chi connectivity index (χ0n) is 20.5. The summed E-state index contributed by atoms with van der Waals surface area (Å²) in [5, 5.41) is 0. The largest absolute Gasteiger partial charge is 0.351 e. The Morgan fingerprint density at radius 2 is 1.75 bits per heavy atom. The highest BCUT2D eigenvalue weighted by Crippen LogP contribution is 2.39. The van der Waals surface area contributed by atoms with Gasteiger partial charge in [0.05, 0.1) is 11.7 Å². The molecule has 0 radical (unpaired) electrons. The number of hydrogen-bond acceptors (Lipinski definition) is 3. The Morgan fingerprint density at radius 3 is 2.31 bits per heavy atom. The minimum atomic E-state index is -0.773. The van der Waals surface area contributed by atoms with Crippen LogP contribution in [0, 0.1) is 22.9 Å². The molecule has 2 atom stereocenters. The van der Waals surface area contributed by atoms with Gasteiger partial charge in [0.15, 0.2) is 0 Å². The molecule has 194 valence electrons. The number of carbonyl (C=O) groups excluding carboxylic acids is 1. The number of imidazole rings is 1. The van der Waals surface area contributed by atoms with Crippen LogP contribution >= 0.6 is 0 Å². The van der Waals surface area contributed by atoms with E-state index in [9.17, 15) is 22.4 Å². The fourth-order valence-corrected chi connectivity index (χ4v) is 4.20. The zero-order valence-corrected chi connectivity index (χ0v) is 20.5. The van der Waals surface area contributed by atoms with Crippen molar-refractivity contribution in [3.05, 3.63) is 77.5 Å². The van der Waals surface area contributed by atoms with Gasteiger partial charge in [-0.2, -0.15) is 0 Å². The molecule has 1 heterocycles. The first-order valence-electron chi connectivity index (χ1n) is 11.5. The molecule has 4 N–H and O–H groups in total. The molecule has 2 aromatic carbocycles. The van der Waals surface area contributed by atoms with Crippen LogP contribution in [-0.4, -0.2) is 39.7 Å². The van der Waals surface area contributed by atoms with Crippen LogP contribution in [0.25, 0.3) is 11.3 Å². The monoisotopic (exact) mass is 505 g/mol. The minimum absolute atomic E-state index is 0.0233. The van der Waals surface area contributed by atoms with Crippen molar-refractivity contribution >= 4 is 6.03 Å². The van der Waals surface area contributed by atoms with Gasteiger partial charge in [-0.25, -0.2) is 27.3 Å². The summed E-state index contributed by atoms with van der Waals surface area (Å²) in [6.45, 7) is 4.98. The number of aromatic nitrogens is 2. The Kier molecular flexibility index (Phi) is 8.39. The molecule has 3 aromatic rings. The third kappa shape index (κ3) is 6.63. The van der Waals surface area contributed by atoms with Crippen LogP contribution < -0.4 is 11.5 Å². The third-order valence-electron chi connectivity index (χ3n) is 5.80. The molecule has 0 aliphatic rings. The SMILES string of the molecule is CC(C)(C)[C@H](c1nc(-c2cccc(F)c2)cn1Cc1cc(F)cc(F)c1)N(CC[C@@H](N)CF)C(N)=O. The molecule has 2 amide bonds. The number of rotatable bonds is 9. The van der Waals surface area contributed by atoms with E-state index in [4.69, 9.17) is 16.5 Å². The van der Waals surface area contributed by atoms with E-state index in [1.807, 2.05) is 20.8 Å². The maximum Gasteiger partial charge on any atom is 0.315 e. The summed E-state index contributed by atoms with van der Waals surface area (Å²) in [6.07, 6.45) is 1.80. The van der Waals surface area contributed by atoms with E-state index in [1.54, 1.807) is 22.9 Å². The number of halogens is 4. The van der Waals surface area contributed by atoms with Crippen molar-refractivity contribution < 1.29 is 22.4 Å². The van der Waals surface area contributed by atoms with E-state index in [1.165, 1.54) is 29.2 Å². The molecular weight excluding hydrogens is 474 g/mol. The summed E-state index contributed by atoms with van der Waals surface area (Å²) in [5.41, 5.74) is 12.1. The highest BCUT2D eigenvalue weighted by molar-refractivity contribution is 5.72. The lowest BCUT2D eigenvalue weighted by Crippen LogP contribution is -2.46. The van der Waals surface area contributed by atoms with Crippen molar-refractivity contribution in [2.75, 3.05) is 13.2 Å². The van der Waals surface area contributed by atoms with Gasteiger partial charge in [0.1, 0.15) is 30.0 Å². The lowest BCUT2D eigenvalue weighted by molar-refractivity contribution is 0.111. The van der Waals surface area contributed by atoms with Crippen molar-refractivity contribution in [1.82, 2.24) is 14.5 Å². The Balaban J connectivity index is 2.16. The maximum absolute atomic E-state index is 14.0. The fourth-order valence-electron chi connectivity index (χ4n) is 4.20. The number of primary amides is 1. The van der Waals surface area contributed by atoms with E-state index in [0.29, 0.717) is 22.6 Å². The van der Waals surface area contributed by atoms with E-state index < -0.39 is 47.7 Å². The summed E-state index contributed by atoms with van der Waals surface area (Å²) in [6, 6.07) is 6.78. The number of alkyl halides is 1. The normalized spacial score (nSPS) is 13.4. The number of amides is 2. The van der Waals surface area contributed by atoms with Crippen LogP contribution in [0.1, 0.15) is 44.6 Å². The number of benzene rings is 2. The van der Waals surface area contributed by atoms with E-state index in [-0.39, 0.29) is 19.5 Å². The second-order valence-corrected chi connectivity index (χ2v) is 9.90. The fraction of sp³-hybridized carbons (Fsp3) is 0.385. The van der Waals surface area contributed by atoms with Crippen LogP contribution in [-0.2, 0) is 6.54 Å². The number of hydrogen-bond donors (Lipinski definition) is 2. The third-order valence-corrected chi connectivity index (χ3v) is 5.80. The smallest absolute Gasteiger partial charge is 0.315 e. The second-order valence-electron chi connectivity index (χ2n) is 9.90. The van der Waals surface area contributed by atoms with Crippen molar-refractivity contribution in [2.45, 2.75) is 45.8 Å². The molecular formula is C26H31F4N5O. The van der Waals surface area contributed by atoms with Crippen LogP contribution in [0.2, 0.25) is 0 Å². The molecule has 0 bridgehead atoms. The van der Waals surface area contributed by atoms with Gasteiger partial charge in [-0.1, -0.05) is 32.9 Å². The Bertz CT molecular complexity index is 1190. The highest BCUT2D eigenvalue weighted by Gasteiger charge is 2.37. The Labute approximate surface area is 207 Å². The number of nitrogens with zero attached hydrogens (tertiary/aromatic N) is 3. The number of nitrogens with two attached hydrogens (primary N) is 2. The van der Waals surface area contributed by atoms with Crippen LogP contribution in [0.15, 0.2) is 48.7 Å². The topological polar surface area (TPSA) is 90.2 Å². The van der Waals surface area contributed by atoms with Crippen LogP contribution in [0.4, 0.5) is 22.4 Å². The van der Waals surface area contributed by atoms with Crippen LogP contribution in [0.5, 0.6) is 0 Å². The second kappa shape index (κ2) is 11.1. The first-order chi connectivity index (χ1) is 16.9. The molecule has 1 aromatic heterocycles. The van der Waals surface area contributed by atoms with E-state index >= 15 is 0 Å². The van der Waals surface area contributed by atoms with Gasteiger partial charge in [0, 0.05) is 37.0 Å². The van der Waals surface area contributed by atoms with Crippen molar-refractivity contribution in [2.24, 2.45) is 16.9 Å². The van der Waals surface area contributed by atoms with Gasteiger partial charge in [-0.3, -0.25) is 0 Å². The predicted octanol–water partition coefficient (Wildman–Crippen LogP) is 5.17. The summed E-state index contributed by atoms with van der Waals surface area (Å²) >= 11 is 0. The average Bonchev–Trinajstić information content (AvgIpc) is 3.17. The van der Waals surface area contributed by atoms with Gasteiger partial charge in [0.2, 0.25) is 0 Å². The van der Waals surface area contributed by atoms with Gasteiger partial charge in [0.25, 0.3) is 0 Å². The van der Waals surface area contributed by atoms with Crippen molar-refractivity contribution in [3.8, 4) is 11.3 Å². The molecule has 0 aliphatic carbocycles. The molecule has 0 unspecified atom stereocenters. The van der Waals surface area contributed by atoms with Crippen molar-refractivity contribution in [3.63, 3.8) is 0 Å². The van der Waals surface area contributed by atoms with E-state index in [0.717, 1.165) is 6.07 Å². The lowest BCUT2D eigenvalue weighted by Gasteiger charge is -2.39. The summed E-state index contributed by atoms with van der Waals surface area (Å²) in [5.74, 6) is -1.55. The maximum atomic E-state index is 14.0. The first kappa shape index (κ1) is 27.2. The lowest BCUT2D eigenvalue weighted by atomic mass is 9.84. The summed E-state index contributed by atoms with van der Waals surface area (Å²) in [4.78, 5) is 18.7. The Morgan fingerprint density at radius 1 is 1.08 bits per heavy atom. The number of carbonyl (C=O) groups is 1. The zero-order chi connectivity index (χ0) is 26.6. The molecule has 0 saturated heterocycles. The predicted molar refractivity (Wildman–Crippen MR) is 130 cm³/mol. The number of urea groups is 1. The first-order valence-corrected chi connectivity index (χ1v) is 11.5. The molecule has 0 aliphatic heterocycles. The van der Waals surface area contributed by atoms with Crippen LogP contribution in [0.3, 0.4) is 0 Å². The molecule has 0 spiro atoms. The summed E-state index contributed by atoms with van der Waals surface area (Å²) < 4.78 is 56.5. The molecule has 36 heavy (non-hydrogen) atoms. The van der Waals surface area contributed by atoms with Crippen molar-refractivity contribution in [1.29, 1.82) is 0 Å². The molecule has 6 nitrogen and oxygen atoms in total. The van der Waals surface area contributed by atoms with Gasteiger partial charge in [-0.15, -0.1) is 0 Å². The Hall–Kier alpha value is -3.40. The molecule has 0 fully saturated rings. The summed E-state index contributed by atoms with van der Waals surface area (Å²) in [7, 11) is 0. The minimum Gasteiger partial charge on any atom is -0.351 e. The molecule has 0 saturated carbocycles. The molecule has 10 heteroatoms. The quantitative estimate of drug-likeness (QED) is 0.393. The molecule has 3 rings (SSSR count). The van der Waals surface area contributed by atoms with Gasteiger partial charge in [-0.05, 0) is 41.7 Å². The van der Waals surface area contributed by atoms with Gasteiger partial charge < -0.3 is 20.9 Å². The van der Waals surface area contributed by atoms with E-state index in [2.05, 4.69) is 0 Å². The standard InChI is InChI=1S/C26H31F4N5O/c1-26(2,3)23(35(25(32)36)8-7-21(31)13-27)24-33-22(17-5-4-6-18(28)11-17)15-34(24)14-16-9-19(29)12-20(30)10-16/h4-6,9-12,15,21,23H,7-8,13-14,31H2,1-3H3,(H2,32,36)/t21-,23+/m1/s1. The average molecular weight is 506 g/mol. The highest BCUT2D eigenvalue weighted by atomic mass is 19.1.